The summed E-state index contributed by atoms with van der Waals surface area (Å²) in [4.78, 5) is 0. The van der Waals surface area contributed by atoms with Gasteiger partial charge in [-0.3, -0.25) is 0 Å². The Morgan fingerprint density at radius 2 is 1.08 bits per heavy atom. The van der Waals surface area contributed by atoms with Crippen molar-refractivity contribution in [3.63, 3.8) is 0 Å². The number of hydrogen-bond donors (Lipinski definition) is 0. The molecule has 1 aromatic carbocycles. The molecule has 0 N–H and O–H groups in total. The Labute approximate surface area is 164 Å². The quantitative estimate of drug-likeness (QED) is 0.446. The Bertz CT molecular complexity index is 565. The smallest absolute Gasteiger partial charge is 0.250 e. The molecule has 0 radical (unpaired) electrons. The molecule has 0 aromatic heterocycles. The van der Waals surface area contributed by atoms with Crippen LogP contribution in [0.5, 0.6) is 17.2 Å². The van der Waals surface area contributed by atoms with Crippen LogP contribution in [0.3, 0.4) is 0 Å². The minimum absolute atomic E-state index is 0.112. The van der Waals surface area contributed by atoms with Gasteiger partial charge in [-0.2, -0.15) is 0 Å². The number of rotatable bonds is 5. The van der Waals surface area contributed by atoms with Gasteiger partial charge in [0.15, 0.2) is 11.5 Å². The van der Waals surface area contributed by atoms with Crippen LogP contribution >= 0.6 is 15.9 Å². The van der Waals surface area contributed by atoms with Crippen molar-refractivity contribution in [3.05, 3.63) is 16.6 Å². The Balaban J connectivity index is 3.38. The molecule has 0 spiro atoms. The molecule has 0 heterocycles. The molecule has 1 rings (SSSR count). The highest BCUT2D eigenvalue weighted by atomic mass is 79.9. The average molecular weight is 448 g/mol. The first-order valence-corrected chi connectivity index (χ1v) is 15.4. The molecule has 0 fully saturated rings. The molecule has 144 valence electrons. The first kappa shape index (κ1) is 22.6. The highest BCUT2D eigenvalue weighted by Crippen LogP contribution is 2.47. The first-order valence-electron chi connectivity index (χ1n) is 8.77. The van der Waals surface area contributed by atoms with Crippen molar-refractivity contribution < 1.29 is 13.6 Å². The van der Waals surface area contributed by atoms with Gasteiger partial charge in [0, 0.05) is 4.47 Å². The van der Waals surface area contributed by atoms with E-state index in [0.29, 0.717) is 5.75 Å². The Hall–Kier alpha value is -0.466. The summed E-state index contributed by atoms with van der Waals surface area (Å²) < 4.78 is 19.7. The summed E-state index contributed by atoms with van der Waals surface area (Å²) in [7, 11) is -2.28. The van der Waals surface area contributed by atoms with Gasteiger partial charge in [-0.15, -0.1) is 0 Å². The van der Waals surface area contributed by atoms with Gasteiger partial charge in [0.1, 0.15) is 0 Å². The van der Waals surface area contributed by atoms with Gasteiger partial charge in [0.2, 0.25) is 5.75 Å². The fourth-order valence-corrected chi connectivity index (χ4v) is 4.18. The second-order valence-corrected chi connectivity index (χ2v) is 20.0. The van der Waals surface area contributed by atoms with Gasteiger partial charge < -0.3 is 13.6 Å². The van der Waals surface area contributed by atoms with Crippen molar-refractivity contribution in [2.24, 2.45) is 0 Å². The van der Waals surface area contributed by atoms with Gasteiger partial charge in [0.05, 0.1) is 7.11 Å². The SMILES string of the molecule is COc1c(O[Si](C)(C)C(C)(C)C)cc(Br)cc1O[Si](C)(C)C(C)(C)C. The number of halogens is 1. The number of benzene rings is 1. The van der Waals surface area contributed by atoms with E-state index < -0.39 is 16.6 Å². The molecule has 0 unspecified atom stereocenters. The molecular formula is C19H35BrO3Si2. The first-order chi connectivity index (χ1) is 11.0. The molecule has 0 aliphatic carbocycles. The third-order valence-electron chi connectivity index (χ3n) is 5.53. The van der Waals surface area contributed by atoms with Crippen LogP contribution in [0.2, 0.25) is 36.3 Å². The third-order valence-corrected chi connectivity index (χ3v) is 14.7. The van der Waals surface area contributed by atoms with Crippen molar-refractivity contribution in [2.45, 2.75) is 77.8 Å². The normalized spacial score (nSPS) is 13.6. The molecule has 0 atom stereocenters. The minimum atomic E-state index is -1.98. The summed E-state index contributed by atoms with van der Waals surface area (Å²) in [6, 6.07) is 3.97. The fraction of sp³-hybridized carbons (Fsp3) is 0.684. The van der Waals surface area contributed by atoms with Crippen LogP contribution in [-0.4, -0.2) is 23.7 Å². The number of hydrogen-bond acceptors (Lipinski definition) is 3. The zero-order chi connectivity index (χ0) is 19.8. The van der Waals surface area contributed by atoms with Crippen molar-refractivity contribution in [2.75, 3.05) is 7.11 Å². The molecule has 0 saturated carbocycles. The molecule has 25 heavy (non-hydrogen) atoms. The van der Waals surface area contributed by atoms with Crippen LogP contribution in [0.15, 0.2) is 16.6 Å². The Morgan fingerprint density at radius 1 is 0.760 bits per heavy atom. The molecular weight excluding hydrogens is 412 g/mol. The van der Waals surface area contributed by atoms with E-state index in [2.05, 4.69) is 83.7 Å². The zero-order valence-corrected chi connectivity index (χ0v) is 21.3. The maximum Gasteiger partial charge on any atom is 0.250 e. The largest absolute Gasteiger partial charge is 0.541 e. The summed E-state index contributed by atoms with van der Waals surface area (Å²) in [6.07, 6.45) is 0. The van der Waals surface area contributed by atoms with E-state index in [4.69, 9.17) is 13.6 Å². The van der Waals surface area contributed by atoms with Crippen LogP contribution in [0.1, 0.15) is 41.5 Å². The van der Waals surface area contributed by atoms with Gasteiger partial charge in [-0.1, -0.05) is 57.5 Å². The molecule has 1 aromatic rings. The summed E-state index contributed by atoms with van der Waals surface area (Å²) in [6.45, 7) is 22.3. The van der Waals surface area contributed by atoms with Crippen LogP contribution in [0, 0.1) is 0 Å². The minimum Gasteiger partial charge on any atom is -0.541 e. The van der Waals surface area contributed by atoms with E-state index >= 15 is 0 Å². The lowest BCUT2D eigenvalue weighted by atomic mass is 10.2. The van der Waals surface area contributed by atoms with E-state index in [0.717, 1.165) is 16.0 Å². The summed E-state index contributed by atoms with van der Waals surface area (Å²) in [5, 5.41) is 0.224. The Kier molecular flexibility index (Phi) is 6.57. The van der Waals surface area contributed by atoms with Crippen molar-refractivity contribution >= 4 is 32.6 Å². The van der Waals surface area contributed by atoms with Crippen LogP contribution in [0.25, 0.3) is 0 Å². The second kappa shape index (κ2) is 7.27. The highest BCUT2D eigenvalue weighted by Gasteiger charge is 2.42. The van der Waals surface area contributed by atoms with Crippen molar-refractivity contribution in [1.82, 2.24) is 0 Å². The topological polar surface area (TPSA) is 27.7 Å². The summed E-state index contributed by atoms with van der Waals surface area (Å²) >= 11 is 3.61. The molecule has 6 heteroatoms. The summed E-state index contributed by atoms with van der Waals surface area (Å²) in [5.74, 6) is 2.22. The van der Waals surface area contributed by atoms with Crippen molar-refractivity contribution in [1.29, 1.82) is 0 Å². The average Bonchev–Trinajstić information content (AvgIpc) is 2.34. The van der Waals surface area contributed by atoms with Gasteiger partial charge in [-0.05, 0) is 48.4 Å². The predicted molar refractivity (Wildman–Crippen MR) is 116 cm³/mol. The van der Waals surface area contributed by atoms with E-state index in [1.807, 2.05) is 12.1 Å². The van der Waals surface area contributed by atoms with Crippen LogP contribution in [-0.2, 0) is 0 Å². The second-order valence-electron chi connectivity index (χ2n) is 9.66. The summed E-state index contributed by atoms with van der Waals surface area (Å²) in [5.41, 5.74) is 0. The van der Waals surface area contributed by atoms with E-state index in [9.17, 15) is 0 Å². The highest BCUT2D eigenvalue weighted by molar-refractivity contribution is 9.10. The van der Waals surface area contributed by atoms with Gasteiger partial charge in [-0.25, -0.2) is 0 Å². The van der Waals surface area contributed by atoms with Gasteiger partial charge >= 0.3 is 0 Å². The van der Waals surface area contributed by atoms with E-state index in [1.54, 1.807) is 7.11 Å². The zero-order valence-electron chi connectivity index (χ0n) is 17.8. The van der Waals surface area contributed by atoms with Gasteiger partial charge in [0.25, 0.3) is 16.6 Å². The lowest BCUT2D eigenvalue weighted by Crippen LogP contribution is -2.44. The van der Waals surface area contributed by atoms with Crippen LogP contribution in [0.4, 0.5) is 0 Å². The number of methoxy groups -OCH3 is 1. The monoisotopic (exact) mass is 446 g/mol. The standard InChI is InChI=1S/C19H35BrO3Si2/c1-18(2,3)24(8,9)22-15-12-14(20)13-16(17(15)21-7)23-25(10,11)19(4,5)6/h12-13H,1-11H3. The predicted octanol–water partition coefficient (Wildman–Crippen LogP) is 7.23. The number of ether oxygens (including phenoxy) is 1. The van der Waals surface area contributed by atoms with E-state index in [1.165, 1.54) is 0 Å². The maximum absolute atomic E-state index is 6.53. The molecule has 0 saturated heterocycles. The molecule has 0 amide bonds. The fourth-order valence-electron chi connectivity index (χ4n) is 1.75. The molecule has 0 bridgehead atoms. The lowest BCUT2D eigenvalue weighted by Gasteiger charge is -2.38. The third kappa shape index (κ3) is 5.26. The lowest BCUT2D eigenvalue weighted by molar-refractivity contribution is 0.363. The Morgan fingerprint density at radius 3 is 1.32 bits per heavy atom. The van der Waals surface area contributed by atoms with Crippen LogP contribution < -0.4 is 13.6 Å². The molecule has 0 aliphatic rings. The molecule has 0 aliphatic heterocycles. The van der Waals surface area contributed by atoms with Crippen molar-refractivity contribution in [3.8, 4) is 17.2 Å². The maximum atomic E-state index is 6.53. The molecule has 3 nitrogen and oxygen atoms in total. The van der Waals surface area contributed by atoms with E-state index in [-0.39, 0.29) is 10.1 Å².